The Morgan fingerprint density at radius 1 is 1.08 bits per heavy atom. The molecule has 0 aromatic heterocycles. The lowest BCUT2D eigenvalue weighted by Gasteiger charge is -2.06. The van der Waals surface area contributed by atoms with E-state index in [2.05, 4.69) is 29.0 Å². The number of hydrogen-bond donors (Lipinski definition) is 2. The number of nitrogens with two attached hydrogens (primary N) is 1. The van der Waals surface area contributed by atoms with E-state index < -0.39 is 0 Å². The molecule has 5 heteroatoms. The minimum Gasteiger partial charge on any atom is -0.469 e. The van der Waals surface area contributed by atoms with Gasteiger partial charge in [-0.2, -0.15) is 11.8 Å². The first-order valence-corrected chi connectivity index (χ1v) is 8.94. The van der Waals surface area contributed by atoms with Gasteiger partial charge in [0.2, 0.25) is 0 Å². The largest absolute Gasteiger partial charge is 0.469 e. The molecule has 0 fully saturated rings. The summed E-state index contributed by atoms with van der Waals surface area (Å²) < 4.78 is 4.62. The number of thioether (sulfide) groups is 1. The highest BCUT2D eigenvalue weighted by molar-refractivity contribution is 7.98. The number of methoxy groups -OCH3 is 1. The van der Waals surface area contributed by atoms with E-state index in [0.29, 0.717) is 6.42 Å². The van der Waals surface area contributed by atoms with Gasteiger partial charge in [0.25, 0.3) is 0 Å². The Morgan fingerprint density at radius 2 is 1.67 bits per heavy atom. The minimum absolute atomic E-state index is 0.0844. The SMILES string of the molecule is COC(=O)CCCSCc1ccc(-c2ccc(C(=N)N)cc2)cc1. The second kappa shape index (κ2) is 9.13. The van der Waals surface area contributed by atoms with E-state index in [4.69, 9.17) is 11.1 Å². The van der Waals surface area contributed by atoms with Gasteiger partial charge in [0, 0.05) is 17.7 Å². The van der Waals surface area contributed by atoms with E-state index in [1.807, 2.05) is 36.0 Å². The Bertz CT molecular complexity index is 682. The molecule has 2 aromatic rings. The fourth-order valence-corrected chi connectivity index (χ4v) is 3.17. The van der Waals surface area contributed by atoms with Crippen LogP contribution in [-0.4, -0.2) is 24.7 Å². The molecule has 24 heavy (non-hydrogen) atoms. The Morgan fingerprint density at radius 3 is 2.21 bits per heavy atom. The van der Waals surface area contributed by atoms with Crippen molar-refractivity contribution in [3.63, 3.8) is 0 Å². The van der Waals surface area contributed by atoms with E-state index in [1.165, 1.54) is 12.7 Å². The van der Waals surface area contributed by atoms with Crippen molar-refractivity contribution in [2.75, 3.05) is 12.9 Å². The van der Waals surface area contributed by atoms with Crippen molar-refractivity contribution in [2.45, 2.75) is 18.6 Å². The molecule has 0 unspecified atom stereocenters. The van der Waals surface area contributed by atoms with Crippen LogP contribution in [0.25, 0.3) is 11.1 Å². The van der Waals surface area contributed by atoms with Crippen molar-refractivity contribution in [1.29, 1.82) is 5.41 Å². The molecule has 0 saturated heterocycles. The second-order valence-electron chi connectivity index (χ2n) is 5.42. The van der Waals surface area contributed by atoms with Crippen LogP contribution in [0.3, 0.4) is 0 Å². The van der Waals surface area contributed by atoms with Crippen LogP contribution in [0.4, 0.5) is 0 Å². The first-order chi connectivity index (χ1) is 11.6. The van der Waals surface area contributed by atoms with Gasteiger partial charge in [-0.25, -0.2) is 0 Å². The van der Waals surface area contributed by atoms with Gasteiger partial charge >= 0.3 is 5.97 Å². The normalized spacial score (nSPS) is 10.4. The highest BCUT2D eigenvalue weighted by Crippen LogP contribution is 2.22. The average molecular weight is 342 g/mol. The number of benzene rings is 2. The number of hydrogen-bond acceptors (Lipinski definition) is 4. The lowest BCUT2D eigenvalue weighted by Crippen LogP contribution is -2.10. The van der Waals surface area contributed by atoms with Crippen LogP contribution in [0.2, 0.25) is 0 Å². The van der Waals surface area contributed by atoms with Gasteiger partial charge in [-0.3, -0.25) is 10.2 Å². The molecule has 2 rings (SSSR count). The molecular formula is C19H22N2O2S. The lowest BCUT2D eigenvalue weighted by atomic mass is 10.0. The zero-order valence-corrected chi connectivity index (χ0v) is 14.6. The fourth-order valence-electron chi connectivity index (χ4n) is 2.25. The Hall–Kier alpha value is -2.27. The number of nitrogen functional groups attached to an aromatic ring is 1. The molecular weight excluding hydrogens is 320 g/mol. The highest BCUT2D eigenvalue weighted by atomic mass is 32.2. The van der Waals surface area contributed by atoms with Crippen LogP contribution in [0, 0.1) is 5.41 Å². The molecule has 0 aliphatic heterocycles. The Labute approximate surface area is 146 Å². The van der Waals surface area contributed by atoms with E-state index in [0.717, 1.165) is 34.6 Å². The summed E-state index contributed by atoms with van der Waals surface area (Å²) >= 11 is 1.82. The molecule has 0 atom stereocenters. The van der Waals surface area contributed by atoms with Gasteiger partial charge < -0.3 is 10.5 Å². The zero-order valence-electron chi connectivity index (χ0n) is 13.7. The maximum Gasteiger partial charge on any atom is 0.305 e. The third-order valence-electron chi connectivity index (χ3n) is 3.65. The molecule has 0 spiro atoms. The predicted octanol–water partition coefficient (Wildman–Crippen LogP) is 3.82. The third-order valence-corrected chi connectivity index (χ3v) is 4.76. The first kappa shape index (κ1) is 18.1. The van der Waals surface area contributed by atoms with Crippen molar-refractivity contribution >= 4 is 23.6 Å². The summed E-state index contributed by atoms with van der Waals surface area (Å²) in [6, 6.07) is 16.1. The van der Waals surface area contributed by atoms with E-state index in [9.17, 15) is 4.79 Å². The maximum absolute atomic E-state index is 11.0. The van der Waals surface area contributed by atoms with Crippen LogP contribution < -0.4 is 5.73 Å². The molecule has 0 aliphatic carbocycles. The molecule has 4 nitrogen and oxygen atoms in total. The molecule has 0 bridgehead atoms. The van der Waals surface area contributed by atoms with E-state index >= 15 is 0 Å². The van der Waals surface area contributed by atoms with Crippen LogP contribution >= 0.6 is 11.8 Å². The van der Waals surface area contributed by atoms with Crippen molar-refractivity contribution in [3.8, 4) is 11.1 Å². The number of carbonyl (C=O) groups excluding carboxylic acids is 1. The summed E-state index contributed by atoms with van der Waals surface area (Å²) in [7, 11) is 1.42. The first-order valence-electron chi connectivity index (χ1n) is 7.78. The van der Waals surface area contributed by atoms with E-state index in [1.54, 1.807) is 0 Å². The van der Waals surface area contributed by atoms with Gasteiger partial charge in [-0.15, -0.1) is 0 Å². The van der Waals surface area contributed by atoms with Crippen LogP contribution in [0.5, 0.6) is 0 Å². The molecule has 2 aromatic carbocycles. The summed E-state index contributed by atoms with van der Waals surface area (Å²) in [6.07, 6.45) is 1.33. The van der Waals surface area contributed by atoms with Crippen LogP contribution in [-0.2, 0) is 15.3 Å². The quantitative estimate of drug-likeness (QED) is 0.331. The molecule has 126 valence electrons. The van der Waals surface area contributed by atoms with E-state index in [-0.39, 0.29) is 11.8 Å². The van der Waals surface area contributed by atoms with Crippen molar-refractivity contribution in [3.05, 3.63) is 59.7 Å². The summed E-state index contributed by atoms with van der Waals surface area (Å²) in [6.45, 7) is 0. The monoisotopic (exact) mass is 342 g/mol. The van der Waals surface area contributed by atoms with Gasteiger partial charge in [0.15, 0.2) is 0 Å². The molecule has 0 radical (unpaired) electrons. The average Bonchev–Trinajstić information content (AvgIpc) is 2.62. The van der Waals surface area contributed by atoms with Gasteiger partial charge in [0.1, 0.15) is 5.84 Å². The third kappa shape index (κ3) is 5.42. The topological polar surface area (TPSA) is 76.2 Å². The van der Waals surface area contributed by atoms with Crippen LogP contribution in [0.1, 0.15) is 24.0 Å². The zero-order chi connectivity index (χ0) is 17.4. The minimum atomic E-state index is -0.143. The summed E-state index contributed by atoms with van der Waals surface area (Å²) in [5.41, 5.74) is 9.72. The van der Waals surface area contributed by atoms with Gasteiger partial charge in [-0.1, -0.05) is 48.5 Å². The predicted molar refractivity (Wildman–Crippen MR) is 100 cm³/mol. The van der Waals surface area contributed by atoms with Gasteiger partial charge in [0.05, 0.1) is 7.11 Å². The number of ether oxygens (including phenoxy) is 1. The van der Waals surface area contributed by atoms with Crippen LogP contribution in [0.15, 0.2) is 48.5 Å². The lowest BCUT2D eigenvalue weighted by molar-refractivity contribution is -0.140. The molecule has 0 aliphatic rings. The van der Waals surface area contributed by atoms with Crippen molar-refractivity contribution in [2.24, 2.45) is 5.73 Å². The Kier molecular flexibility index (Phi) is 6.88. The highest BCUT2D eigenvalue weighted by Gasteiger charge is 2.02. The summed E-state index contributed by atoms with van der Waals surface area (Å²) in [5, 5.41) is 7.42. The number of esters is 1. The molecule has 0 heterocycles. The van der Waals surface area contributed by atoms with Gasteiger partial charge in [-0.05, 0) is 28.9 Å². The Balaban J connectivity index is 1.84. The second-order valence-corrected chi connectivity index (χ2v) is 6.53. The smallest absolute Gasteiger partial charge is 0.305 e. The number of amidine groups is 1. The molecule has 3 N–H and O–H groups in total. The van der Waals surface area contributed by atoms with Crippen molar-refractivity contribution in [1.82, 2.24) is 0 Å². The summed E-state index contributed by atoms with van der Waals surface area (Å²) in [4.78, 5) is 11.0. The number of carbonyl (C=O) groups is 1. The molecule has 0 amide bonds. The maximum atomic E-state index is 11.0. The number of rotatable bonds is 8. The number of nitrogens with one attached hydrogen (secondary N) is 1. The standard InChI is InChI=1S/C19H22N2O2S/c1-23-18(22)3-2-12-24-13-14-4-6-15(7-5-14)16-8-10-17(11-9-16)19(20)21/h4-11H,2-3,12-13H2,1H3,(H3,20,21). The fraction of sp³-hybridized carbons (Fsp3) is 0.263. The summed E-state index contributed by atoms with van der Waals surface area (Å²) in [5.74, 6) is 1.82. The molecule has 0 saturated carbocycles. The van der Waals surface area contributed by atoms with Crippen molar-refractivity contribution < 1.29 is 9.53 Å².